The summed E-state index contributed by atoms with van der Waals surface area (Å²) in [5, 5.41) is 10.8. The van der Waals surface area contributed by atoms with E-state index in [1.165, 1.54) is 0 Å². The molecule has 0 aliphatic carbocycles. The number of hydrogen-bond donors (Lipinski definition) is 2. The zero-order valence-corrected chi connectivity index (χ0v) is 25.4. The molecule has 0 saturated carbocycles. The van der Waals surface area contributed by atoms with Crippen LogP contribution in [0, 0.1) is 0 Å². The fourth-order valence-electron chi connectivity index (χ4n) is 5.62. The number of amides is 3. The van der Waals surface area contributed by atoms with Crippen LogP contribution in [0.2, 0.25) is 5.02 Å². The van der Waals surface area contributed by atoms with E-state index in [4.69, 9.17) is 11.6 Å². The highest BCUT2D eigenvalue weighted by molar-refractivity contribution is 6.30. The summed E-state index contributed by atoms with van der Waals surface area (Å²) in [5.74, 6) is -0.255. The molecule has 1 aliphatic heterocycles. The first-order valence-corrected chi connectivity index (χ1v) is 14.9. The summed E-state index contributed by atoms with van der Waals surface area (Å²) in [4.78, 5) is 31.4. The van der Waals surface area contributed by atoms with E-state index in [9.17, 15) is 9.59 Å². The first-order chi connectivity index (χ1) is 20.2. The van der Waals surface area contributed by atoms with Gasteiger partial charge in [0.05, 0.1) is 11.7 Å². The van der Waals surface area contributed by atoms with Crippen molar-refractivity contribution in [2.45, 2.75) is 58.4 Å². The Bertz CT molecular complexity index is 1550. The molecule has 5 rings (SSSR count). The van der Waals surface area contributed by atoms with E-state index in [-0.39, 0.29) is 23.9 Å². The molecular formula is C34H38ClN5O2. The second-order valence-corrected chi connectivity index (χ2v) is 12.3. The Morgan fingerprint density at radius 1 is 1.05 bits per heavy atom. The third-order valence-electron chi connectivity index (χ3n) is 7.65. The predicted molar refractivity (Wildman–Crippen MR) is 169 cm³/mol. The molecule has 0 radical (unpaired) electrons. The standard InChI is InChI=1S/C34H38ClN5O2/c1-5-6-18-39-30-15-13-25(35)21-27(30)32(24-10-8-7-9-11-24)40(33(39)42)22-31(41)37-29-20-23(19-26-16-17-36-38-26)12-14-28(29)34(2,3)4/h7-17,20-21,32H,5-6,18-19,22H2,1-4H3,(H,36,38)(H,37,41). The maximum Gasteiger partial charge on any atom is 0.325 e. The third-order valence-corrected chi connectivity index (χ3v) is 7.88. The summed E-state index contributed by atoms with van der Waals surface area (Å²) in [7, 11) is 0. The molecule has 42 heavy (non-hydrogen) atoms. The van der Waals surface area contributed by atoms with Gasteiger partial charge in [0.25, 0.3) is 0 Å². The Kier molecular flexibility index (Phi) is 8.69. The molecule has 1 atom stereocenters. The predicted octanol–water partition coefficient (Wildman–Crippen LogP) is 7.72. The first kappa shape index (κ1) is 29.4. The maximum atomic E-state index is 14.1. The van der Waals surface area contributed by atoms with Crippen LogP contribution in [0.1, 0.15) is 74.5 Å². The minimum atomic E-state index is -0.454. The number of carbonyl (C=O) groups is 2. The molecule has 1 aliphatic rings. The number of aromatic nitrogens is 2. The van der Waals surface area contributed by atoms with Crippen molar-refractivity contribution in [1.82, 2.24) is 15.1 Å². The molecule has 4 aromatic rings. The Morgan fingerprint density at radius 3 is 2.52 bits per heavy atom. The fraction of sp³-hybridized carbons (Fsp3) is 0.324. The lowest BCUT2D eigenvalue weighted by Gasteiger charge is -2.43. The molecule has 0 fully saturated rings. The SMILES string of the molecule is CCCCN1C(=O)N(CC(=O)Nc2cc(Cc3ccn[nH]3)ccc2C(C)(C)C)C(c2ccccc2)c2cc(Cl)ccc21. The lowest BCUT2D eigenvalue weighted by atomic mass is 9.85. The van der Waals surface area contributed by atoms with Gasteiger partial charge in [0, 0.05) is 41.1 Å². The lowest BCUT2D eigenvalue weighted by molar-refractivity contribution is -0.117. The number of halogens is 1. The van der Waals surface area contributed by atoms with E-state index < -0.39 is 6.04 Å². The number of urea groups is 1. The number of rotatable bonds is 9. The van der Waals surface area contributed by atoms with Gasteiger partial charge < -0.3 is 10.2 Å². The number of carbonyl (C=O) groups excluding carboxylic acids is 2. The van der Waals surface area contributed by atoms with Gasteiger partial charge in [0.15, 0.2) is 0 Å². The zero-order chi connectivity index (χ0) is 29.9. The normalized spacial score (nSPS) is 15.1. The quantitative estimate of drug-likeness (QED) is 0.212. The average Bonchev–Trinajstić information content (AvgIpc) is 3.46. The van der Waals surface area contributed by atoms with Crippen molar-refractivity contribution < 1.29 is 9.59 Å². The second-order valence-electron chi connectivity index (χ2n) is 11.9. The number of unbranched alkanes of at least 4 members (excludes halogenated alkanes) is 1. The van der Waals surface area contributed by atoms with Crippen molar-refractivity contribution in [1.29, 1.82) is 0 Å². The van der Waals surface area contributed by atoms with Crippen molar-refractivity contribution in [2.75, 3.05) is 23.3 Å². The van der Waals surface area contributed by atoms with Crippen molar-refractivity contribution >= 4 is 34.9 Å². The highest BCUT2D eigenvalue weighted by Crippen LogP contribution is 2.42. The van der Waals surface area contributed by atoms with Crippen molar-refractivity contribution in [2.24, 2.45) is 0 Å². The van der Waals surface area contributed by atoms with Gasteiger partial charge in [-0.15, -0.1) is 0 Å². The Hall–Kier alpha value is -4.10. The molecule has 2 heterocycles. The molecule has 218 valence electrons. The summed E-state index contributed by atoms with van der Waals surface area (Å²) in [6, 6.07) is 23.0. The third kappa shape index (κ3) is 6.36. The van der Waals surface area contributed by atoms with Crippen molar-refractivity contribution in [3.8, 4) is 0 Å². The number of nitrogens with zero attached hydrogens (tertiary/aromatic N) is 3. The average molecular weight is 584 g/mol. The molecule has 0 saturated heterocycles. The molecule has 8 heteroatoms. The van der Waals surface area contributed by atoms with E-state index in [1.807, 2.05) is 60.7 Å². The lowest BCUT2D eigenvalue weighted by Crippen LogP contribution is -2.52. The number of H-pyrrole nitrogens is 1. The largest absolute Gasteiger partial charge is 0.325 e. The first-order valence-electron chi connectivity index (χ1n) is 14.5. The van der Waals surface area contributed by atoms with E-state index >= 15 is 0 Å². The van der Waals surface area contributed by atoms with E-state index in [2.05, 4.69) is 55.3 Å². The number of hydrogen-bond acceptors (Lipinski definition) is 3. The monoisotopic (exact) mass is 583 g/mol. The van der Waals surface area contributed by atoms with Crippen LogP contribution in [0.15, 0.2) is 79.0 Å². The van der Waals surface area contributed by atoms with Gasteiger partial charge in [0.1, 0.15) is 6.54 Å². The van der Waals surface area contributed by atoms with Crippen LogP contribution in [0.5, 0.6) is 0 Å². The highest BCUT2D eigenvalue weighted by Gasteiger charge is 2.39. The van der Waals surface area contributed by atoms with Crippen LogP contribution >= 0.6 is 11.6 Å². The molecule has 2 N–H and O–H groups in total. The van der Waals surface area contributed by atoms with Gasteiger partial charge >= 0.3 is 6.03 Å². The summed E-state index contributed by atoms with van der Waals surface area (Å²) < 4.78 is 0. The summed E-state index contributed by atoms with van der Waals surface area (Å²) in [6.07, 6.45) is 4.19. The minimum absolute atomic E-state index is 0.110. The van der Waals surface area contributed by atoms with Crippen molar-refractivity contribution in [3.63, 3.8) is 0 Å². The topological polar surface area (TPSA) is 81.3 Å². The second kappa shape index (κ2) is 12.4. The Labute approximate surface area is 252 Å². The van der Waals surface area contributed by atoms with Gasteiger partial charge in [0.2, 0.25) is 5.91 Å². The molecule has 0 bridgehead atoms. The van der Waals surface area contributed by atoms with E-state index in [0.717, 1.165) is 52.2 Å². The van der Waals surface area contributed by atoms with Gasteiger partial charge in [-0.2, -0.15) is 5.10 Å². The fourth-order valence-corrected chi connectivity index (χ4v) is 5.80. The van der Waals surface area contributed by atoms with Crippen LogP contribution in [0.3, 0.4) is 0 Å². The summed E-state index contributed by atoms with van der Waals surface area (Å²) >= 11 is 6.50. The maximum absolute atomic E-state index is 14.1. The molecule has 1 unspecified atom stereocenters. The number of aromatic amines is 1. The van der Waals surface area contributed by atoms with Gasteiger partial charge in [-0.25, -0.2) is 4.79 Å². The number of benzene rings is 3. The molecule has 0 spiro atoms. The number of fused-ring (bicyclic) bond motifs is 1. The number of nitrogens with one attached hydrogen (secondary N) is 2. The van der Waals surface area contributed by atoms with Crippen molar-refractivity contribution in [3.05, 3.63) is 112 Å². The van der Waals surface area contributed by atoms with Crippen LogP contribution in [0.4, 0.5) is 16.2 Å². The Balaban J connectivity index is 1.50. The van der Waals surface area contributed by atoms with Crippen LogP contribution in [-0.4, -0.2) is 40.1 Å². The molecule has 3 aromatic carbocycles. The molecule has 7 nitrogen and oxygen atoms in total. The Morgan fingerprint density at radius 2 is 1.83 bits per heavy atom. The molecular weight excluding hydrogens is 546 g/mol. The van der Waals surface area contributed by atoms with E-state index in [0.29, 0.717) is 18.0 Å². The highest BCUT2D eigenvalue weighted by atomic mass is 35.5. The molecule has 1 aromatic heterocycles. The van der Waals surface area contributed by atoms with Crippen LogP contribution < -0.4 is 10.2 Å². The van der Waals surface area contributed by atoms with Gasteiger partial charge in [-0.1, -0.05) is 88.2 Å². The van der Waals surface area contributed by atoms with Gasteiger partial charge in [-0.05, 0) is 58.9 Å². The summed E-state index contributed by atoms with van der Waals surface area (Å²) in [5.41, 5.74) is 6.29. The van der Waals surface area contributed by atoms with E-state index in [1.54, 1.807) is 16.0 Å². The summed E-state index contributed by atoms with van der Waals surface area (Å²) in [6.45, 7) is 8.92. The molecule has 3 amide bonds. The smallest absolute Gasteiger partial charge is 0.324 e. The van der Waals surface area contributed by atoms with Crippen LogP contribution in [-0.2, 0) is 16.6 Å². The van der Waals surface area contributed by atoms with Crippen LogP contribution in [0.25, 0.3) is 0 Å². The van der Waals surface area contributed by atoms with Gasteiger partial charge in [-0.3, -0.25) is 14.8 Å². The number of anilines is 2. The minimum Gasteiger partial charge on any atom is -0.324 e. The zero-order valence-electron chi connectivity index (χ0n) is 24.7.